The molecule has 1 amide bonds. The minimum absolute atomic E-state index is 0.144. The number of carbonyl (C=O) groups excluding carboxylic acids is 1. The highest BCUT2D eigenvalue weighted by Crippen LogP contribution is 2.31. The van der Waals surface area contributed by atoms with Crippen LogP contribution in [0.2, 0.25) is 5.02 Å². The summed E-state index contributed by atoms with van der Waals surface area (Å²) in [5, 5.41) is 6.94. The molecule has 5 rings (SSSR count). The van der Waals surface area contributed by atoms with Gasteiger partial charge in [-0.25, -0.2) is 9.97 Å². The molecule has 0 radical (unpaired) electrons. The van der Waals surface area contributed by atoms with Crippen LogP contribution in [0.25, 0.3) is 5.65 Å². The summed E-state index contributed by atoms with van der Waals surface area (Å²) in [6, 6.07) is 12.1. The highest BCUT2D eigenvalue weighted by Gasteiger charge is 2.22. The molecule has 1 aromatic carbocycles. The Morgan fingerprint density at radius 2 is 1.97 bits per heavy atom. The fourth-order valence-electron chi connectivity index (χ4n) is 4.47. The third-order valence-corrected chi connectivity index (χ3v) is 7.42. The van der Waals surface area contributed by atoms with Crippen molar-refractivity contribution in [1.29, 1.82) is 0 Å². The van der Waals surface area contributed by atoms with Crippen LogP contribution < -0.4 is 10.2 Å². The number of carbonyl (C=O) groups is 1. The van der Waals surface area contributed by atoms with Gasteiger partial charge in [0.25, 0.3) is 5.91 Å². The number of pyridine rings is 1. The van der Waals surface area contributed by atoms with E-state index in [0.29, 0.717) is 29.6 Å². The second kappa shape index (κ2) is 9.53. The number of benzene rings is 1. The van der Waals surface area contributed by atoms with Gasteiger partial charge in [-0.2, -0.15) is 0 Å². The largest absolute Gasteiger partial charge is 0.371 e. The zero-order valence-corrected chi connectivity index (χ0v) is 20.1. The molecule has 1 N–H and O–H groups in total. The minimum Gasteiger partial charge on any atom is -0.371 e. The normalized spacial score (nSPS) is 14.7. The van der Waals surface area contributed by atoms with Crippen LogP contribution in [-0.2, 0) is 13.0 Å². The molecule has 1 saturated heterocycles. The smallest absolute Gasteiger partial charge is 0.270 e. The number of imidazole rings is 1. The number of halogens is 1. The molecule has 0 spiro atoms. The van der Waals surface area contributed by atoms with E-state index in [2.05, 4.69) is 49.8 Å². The Balaban J connectivity index is 1.21. The molecule has 33 heavy (non-hydrogen) atoms. The lowest BCUT2D eigenvalue weighted by molar-refractivity contribution is 0.0944. The van der Waals surface area contributed by atoms with E-state index in [1.807, 2.05) is 19.2 Å². The highest BCUT2D eigenvalue weighted by molar-refractivity contribution is 7.09. The number of aryl methyl sites for hydroxylation is 1. The molecular weight excluding hydrogens is 454 g/mol. The van der Waals surface area contributed by atoms with Crippen LogP contribution in [0.4, 0.5) is 5.69 Å². The van der Waals surface area contributed by atoms with Crippen molar-refractivity contribution in [1.82, 2.24) is 19.7 Å². The quantitative estimate of drug-likeness (QED) is 0.406. The van der Waals surface area contributed by atoms with Gasteiger partial charge in [-0.15, -0.1) is 11.3 Å². The molecule has 4 heterocycles. The number of nitrogens with one attached hydrogen (secondary N) is 1. The zero-order chi connectivity index (χ0) is 22.8. The molecule has 8 heteroatoms. The number of anilines is 1. The third kappa shape index (κ3) is 4.61. The summed E-state index contributed by atoms with van der Waals surface area (Å²) in [6.45, 7) is 4.54. The van der Waals surface area contributed by atoms with E-state index in [0.717, 1.165) is 42.8 Å². The van der Waals surface area contributed by atoms with Gasteiger partial charge in [0.05, 0.1) is 15.7 Å². The fraction of sp³-hybridized carbons (Fsp3) is 0.320. The average molecular weight is 480 g/mol. The van der Waals surface area contributed by atoms with Gasteiger partial charge in [-0.05, 0) is 49.1 Å². The molecule has 4 aromatic rings. The lowest BCUT2D eigenvalue weighted by atomic mass is 9.97. The lowest BCUT2D eigenvalue weighted by Crippen LogP contribution is -2.32. The van der Waals surface area contributed by atoms with Crippen LogP contribution in [0.1, 0.15) is 52.4 Å². The van der Waals surface area contributed by atoms with Crippen LogP contribution in [0.5, 0.6) is 0 Å². The highest BCUT2D eigenvalue weighted by atomic mass is 35.5. The van der Waals surface area contributed by atoms with Crippen LogP contribution in [0.15, 0.2) is 54.2 Å². The summed E-state index contributed by atoms with van der Waals surface area (Å²) < 4.78 is 1.77. The number of hydrogen-bond donors (Lipinski definition) is 1. The molecule has 1 aliphatic heterocycles. The first-order chi connectivity index (χ1) is 16.1. The van der Waals surface area contributed by atoms with Crippen molar-refractivity contribution in [2.45, 2.75) is 38.6 Å². The Kier molecular flexibility index (Phi) is 6.33. The predicted molar refractivity (Wildman–Crippen MR) is 133 cm³/mol. The van der Waals surface area contributed by atoms with Crippen LogP contribution in [-0.4, -0.2) is 33.4 Å². The molecule has 0 bridgehead atoms. The summed E-state index contributed by atoms with van der Waals surface area (Å²) in [4.78, 5) is 24.5. The van der Waals surface area contributed by atoms with Crippen molar-refractivity contribution < 1.29 is 4.79 Å². The molecule has 3 aromatic heterocycles. The number of thiazole rings is 1. The zero-order valence-electron chi connectivity index (χ0n) is 18.5. The van der Waals surface area contributed by atoms with E-state index in [9.17, 15) is 4.79 Å². The fourth-order valence-corrected chi connectivity index (χ4v) is 5.44. The molecule has 0 atom stereocenters. The van der Waals surface area contributed by atoms with E-state index in [1.54, 1.807) is 28.0 Å². The van der Waals surface area contributed by atoms with Gasteiger partial charge in [0, 0.05) is 49.0 Å². The Hall–Kier alpha value is -2.90. The molecule has 0 aliphatic carbocycles. The van der Waals surface area contributed by atoms with Gasteiger partial charge in [0.1, 0.15) is 11.3 Å². The second-order valence-corrected chi connectivity index (χ2v) is 9.68. The number of nitrogens with zero attached hydrogens (tertiary/aromatic N) is 4. The van der Waals surface area contributed by atoms with Gasteiger partial charge < -0.3 is 10.2 Å². The van der Waals surface area contributed by atoms with E-state index >= 15 is 0 Å². The van der Waals surface area contributed by atoms with Crippen LogP contribution in [0, 0.1) is 0 Å². The Bertz CT molecular complexity index is 1240. The Labute approximate surface area is 202 Å². The number of hydrogen-bond acceptors (Lipinski definition) is 5. The van der Waals surface area contributed by atoms with Crippen molar-refractivity contribution in [3.05, 3.63) is 81.2 Å². The lowest BCUT2D eigenvalue weighted by Gasteiger charge is -2.33. The maximum Gasteiger partial charge on any atom is 0.270 e. The molecule has 170 valence electrons. The topological polar surface area (TPSA) is 62.5 Å². The van der Waals surface area contributed by atoms with E-state index in [4.69, 9.17) is 11.6 Å². The van der Waals surface area contributed by atoms with Crippen LogP contribution >= 0.6 is 22.9 Å². The van der Waals surface area contributed by atoms with Crippen molar-refractivity contribution in [3.8, 4) is 0 Å². The monoisotopic (exact) mass is 479 g/mol. The van der Waals surface area contributed by atoms with Crippen molar-refractivity contribution in [2.75, 3.05) is 18.0 Å². The molecule has 0 unspecified atom stereocenters. The summed E-state index contributed by atoms with van der Waals surface area (Å²) in [5.41, 5.74) is 4.34. The third-order valence-electron chi connectivity index (χ3n) is 6.25. The number of piperidine rings is 1. The van der Waals surface area contributed by atoms with Gasteiger partial charge in [-0.3, -0.25) is 9.20 Å². The summed E-state index contributed by atoms with van der Waals surface area (Å²) in [6.07, 6.45) is 6.58. The van der Waals surface area contributed by atoms with E-state index in [-0.39, 0.29) is 5.91 Å². The predicted octanol–water partition coefficient (Wildman–Crippen LogP) is 5.32. The number of aromatic nitrogens is 3. The van der Waals surface area contributed by atoms with Crippen molar-refractivity contribution >= 4 is 40.2 Å². The Morgan fingerprint density at radius 3 is 2.67 bits per heavy atom. The van der Waals surface area contributed by atoms with E-state index < -0.39 is 0 Å². The first-order valence-electron chi connectivity index (χ1n) is 11.3. The maximum atomic E-state index is 13.0. The number of fused-ring (bicyclic) bond motifs is 1. The molecule has 1 fully saturated rings. The number of rotatable bonds is 6. The van der Waals surface area contributed by atoms with Crippen molar-refractivity contribution in [3.63, 3.8) is 0 Å². The first-order valence-corrected chi connectivity index (χ1v) is 12.6. The standard InChI is InChI=1S/C25H26ClN5OS/c1-2-21-23(31-16-19(26)5-8-22(31)29-21)24(32)28-15-17-3-6-20(7-4-17)30-12-9-18(10-13-30)25-27-11-14-33-25/h3-8,11,14,16,18H,2,9-10,12-13,15H2,1H3,(H,28,32). The van der Waals surface area contributed by atoms with Gasteiger partial charge >= 0.3 is 0 Å². The van der Waals surface area contributed by atoms with Crippen LogP contribution in [0.3, 0.4) is 0 Å². The first kappa shape index (κ1) is 21.9. The minimum atomic E-state index is -0.144. The summed E-state index contributed by atoms with van der Waals surface area (Å²) in [5.74, 6) is 0.438. The molecular formula is C25H26ClN5OS. The SMILES string of the molecule is CCc1nc2ccc(Cl)cn2c1C(=O)NCc1ccc(N2CCC(c3nccs3)CC2)cc1. The summed E-state index contributed by atoms with van der Waals surface area (Å²) in [7, 11) is 0. The van der Waals surface area contributed by atoms with Gasteiger partial charge in [0.2, 0.25) is 0 Å². The van der Waals surface area contributed by atoms with Gasteiger partial charge in [0.15, 0.2) is 0 Å². The summed E-state index contributed by atoms with van der Waals surface area (Å²) >= 11 is 7.91. The number of amides is 1. The molecule has 6 nitrogen and oxygen atoms in total. The Morgan fingerprint density at radius 1 is 1.18 bits per heavy atom. The maximum absolute atomic E-state index is 13.0. The second-order valence-electron chi connectivity index (χ2n) is 8.32. The molecule has 1 aliphatic rings. The van der Waals surface area contributed by atoms with E-state index in [1.165, 1.54) is 10.7 Å². The van der Waals surface area contributed by atoms with Gasteiger partial charge in [-0.1, -0.05) is 30.7 Å². The van der Waals surface area contributed by atoms with Crippen molar-refractivity contribution in [2.24, 2.45) is 0 Å². The molecule has 0 saturated carbocycles. The average Bonchev–Trinajstić information content (AvgIpc) is 3.51.